The summed E-state index contributed by atoms with van der Waals surface area (Å²) in [5, 5.41) is 10.3. The number of benzene rings is 1. The van der Waals surface area contributed by atoms with Crippen molar-refractivity contribution in [3.63, 3.8) is 0 Å². The largest absolute Gasteiger partial charge is 0.493 e. The maximum atomic E-state index is 12.1. The molecule has 1 aliphatic carbocycles. The third kappa shape index (κ3) is 6.21. The van der Waals surface area contributed by atoms with Crippen LogP contribution in [0.3, 0.4) is 0 Å². The zero-order valence-electron chi connectivity index (χ0n) is 14.7. The van der Waals surface area contributed by atoms with Crippen LogP contribution in [0.25, 0.3) is 0 Å². The molecule has 0 spiro atoms. The van der Waals surface area contributed by atoms with Crippen molar-refractivity contribution in [2.45, 2.75) is 38.1 Å². The standard InChI is InChI=1S/C17H24BrN5O3/c1-25-14-7-11(9-21-23-17(19)20)13(18)8-15(14)26-10-16(24)22-12-5-3-2-4-6-12/h7-9,12H,2-6,10H2,1H3,(H,22,24)(H4,19,20,23). The van der Waals surface area contributed by atoms with Crippen molar-refractivity contribution in [1.82, 2.24) is 5.32 Å². The van der Waals surface area contributed by atoms with Crippen LogP contribution in [0.5, 0.6) is 11.5 Å². The third-order valence-electron chi connectivity index (χ3n) is 3.98. The highest BCUT2D eigenvalue weighted by molar-refractivity contribution is 9.10. The van der Waals surface area contributed by atoms with Crippen molar-refractivity contribution in [3.8, 4) is 11.5 Å². The predicted octanol–water partition coefficient (Wildman–Crippen LogP) is 1.89. The van der Waals surface area contributed by atoms with E-state index in [1.54, 1.807) is 12.1 Å². The number of guanidine groups is 1. The molecule has 0 unspecified atom stereocenters. The van der Waals surface area contributed by atoms with Crippen LogP contribution in [0.2, 0.25) is 0 Å². The number of nitrogens with zero attached hydrogens (tertiary/aromatic N) is 2. The van der Waals surface area contributed by atoms with E-state index in [1.165, 1.54) is 19.7 Å². The summed E-state index contributed by atoms with van der Waals surface area (Å²) in [5.74, 6) is 0.670. The first-order valence-electron chi connectivity index (χ1n) is 8.41. The van der Waals surface area contributed by atoms with E-state index in [0.717, 1.165) is 25.7 Å². The summed E-state index contributed by atoms with van der Waals surface area (Å²) in [6.07, 6.45) is 7.11. The minimum atomic E-state index is -0.131. The van der Waals surface area contributed by atoms with Gasteiger partial charge in [-0.2, -0.15) is 5.10 Å². The molecule has 0 radical (unpaired) electrons. The lowest BCUT2D eigenvalue weighted by atomic mass is 9.95. The minimum Gasteiger partial charge on any atom is -0.493 e. The monoisotopic (exact) mass is 425 g/mol. The molecule has 26 heavy (non-hydrogen) atoms. The molecule has 0 bridgehead atoms. The third-order valence-corrected chi connectivity index (χ3v) is 4.67. The molecular formula is C17H24BrN5O3. The molecule has 1 aromatic rings. The normalized spacial score (nSPS) is 14.8. The summed E-state index contributed by atoms with van der Waals surface area (Å²) in [4.78, 5) is 12.1. The number of ether oxygens (including phenoxy) is 2. The number of hydrogen-bond acceptors (Lipinski definition) is 5. The number of methoxy groups -OCH3 is 1. The number of nitrogens with one attached hydrogen (secondary N) is 1. The van der Waals surface area contributed by atoms with Crippen molar-refractivity contribution in [1.29, 1.82) is 0 Å². The van der Waals surface area contributed by atoms with Crippen molar-refractivity contribution < 1.29 is 14.3 Å². The molecule has 2 rings (SSSR count). The Morgan fingerprint density at radius 3 is 2.69 bits per heavy atom. The molecule has 1 amide bonds. The Kier molecular flexibility index (Phi) is 7.71. The quantitative estimate of drug-likeness (QED) is 0.349. The highest BCUT2D eigenvalue weighted by Crippen LogP contribution is 2.33. The molecule has 0 aromatic heterocycles. The van der Waals surface area contributed by atoms with Crippen LogP contribution in [0.4, 0.5) is 0 Å². The second kappa shape index (κ2) is 10.0. The summed E-state index contributed by atoms with van der Waals surface area (Å²) < 4.78 is 11.7. The molecule has 8 nitrogen and oxygen atoms in total. The smallest absolute Gasteiger partial charge is 0.258 e. The Labute approximate surface area is 161 Å². The average molecular weight is 426 g/mol. The first-order chi connectivity index (χ1) is 12.5. The van der Waals surface area contributed by atoms with Gasteiger partial charge >= 0.3 is 0 Å². The molecule has 5 N–H and O–H groups in total. The van der Waals surface area contributed by atoms with Gasteiger partial charge in [-0.25, -0.2) is 0 Å². The Balaban J connectivity index is 1.99. The van der Waals surface area contributed by atoms with Crippen LogP contribution < -0.4 is 26.3 Å². The highest BCUT2D eigenvalue weighted by atomic mass is 79.9. The van der Waals surface area contributed by atoms with Gasteiger partial charge in [0.15, 0.2) is 18.1 Å². The maximum Gasteiger partial charge on any atom is 0.258 e. The van der Waals surface area contributed by atoms with Crippen molar-refractivity contribution >= 4 is 34.0 Å². The van der Waals surface area contributed by atoms with Gasteiger partial charge in [-0.05, 0) is 40.9 Å². The SMILES string of the molecule is COc1cc(C=NN=C(N)N)c(Br)cc1OCC(=O)NC1CCCCC1. The van der Waals surface area contributed by atoms with Gasteiger partial charge in [0.05, 0.1) is 13.3 Å². The molecular weight excluding hydrogens is 402 g/mol. The number of carbonyl (C=O) groups excluding carboxylic acids is 1. The summed E-state index contributed by atoms with van der Waals surface area (Å²) in [5.41, 5.74) is 11.2. The maximum absolute atomic E-state index is 12.1. The Hall–Kier alpha value is -2.29. The number of rotatable bonds is 7. The lowest BCUT2D eigenvalue weighted by Crippen LogP contribution is -2.39. The molecule has 0 aliphatic heterocycles. The number of nitrogens with two attached hydrogens (primary N) is 2. The number of amides is 1. The van der Waals surface area contributed by atoms with Gasteiger partial charge < -0.3 is 26.3 Å². The van der Waals surface area contributed by atoms with Gasteiger partial charge in [0.1, 0.15) is 0 Å². The molecule has 0 heterocycles. The van der Waals surface area contributed by atoms with Crippen molar-refractivity contribution in [2.24, 2.45) is 21.7 Å². The molecule has 0 saturated heterocycles. The fraction of sp³-hybridized carbons (Fsp3) is 0.471. The number of carbonyl (C=O) groups is 1. The topological polar surface area (TPSA) is 124 Å². The van der Waals surface area contributed by atoms with E-state index in [-0.39, 0.29) is 24.5 Å². The lowest BCUT2D eigenvalue weighted by Gasteiger charge is -2.22. The molecule has 142 valence electrons. The lowest BCUT2D eigenvalue weighted by molar-refractivity contribution is -0.124. The van der Waals surface area contributed by atoms with E-state index in [4.69, 9.17) is 20.9 Å². The highest BCUT2D eigenvalue weighted by Gasteiger charge is 2.17. The molecule has 1 aliphatic rings. The molecule has 1 saturated carbocycles. The van der Waals surface area contributed by atoms with Crippen molar-refractivity contribution in [3.05, 3.63) is 22.2 Å². The van der Waals surface area contributed by atoms with Gasteiger partial charge in [0.25, 0.3) is 5.91 Å². The zero-order valence-corrected chi connectivity index (χ0v) is 16.3. The van der Waals surface area contributed by atoms with Crippen LogP contribution in [-0.4, -0.2) is 37.8 Å². The number of halogens is 1. The molecule has 1 fully saturated rings. The fourth-order valence-corrected chi connectivity index (χ4v) is 3.16. The Morgan fingerprint density at radius 2 is 2.04 bits per heavy atom. The average Bonchev–Trinajstić information content (AvgIpc) is 2.62. The summed E-state index contributed by atoms with van der Waals surface area (Å²) in [7, 11) is 1.52. The number of hydrogen-bond donors (Lipinski definition) is 3. The summed E-state index contributed by atoms with van der Waals surface area (Å²) >= 11 is 3.43. The van der Waals surface area contributed by atoms with E-state index in [0.29, 0.717) is 21.5 Å². The van der Waals surface area contributed by atoms with E-state index >= 15 is 0 Å². The van der Waals surface area contributed by atoms with Crippen LogP contribution in [0.1, 0.15) is 37.7 Å². The predicted molar refractivity (Wildman–Crippen MR) is 105 cm³/mol. The Morgan fingerprint density at radius 1 is 1.31 bits per heavy atom. The van der Waals surface area contributed by atoms with E-state index in [2.05, 4.69) is 31.4 Å². The summed E-state index contributed by atoms with van der Waals surface area (Å²) in [6, 6.07) is 3.68. The zero-order chi connectivity index (χ0) is 18.9. The van der Waals surface area contributed by atoms with E-state index in [9.17, 15) is 4.79 Å². The van der Waals surface area contributed by atoms with Crippen LogP contribution in [0, 0.1) is 0 Å². The van der Waals surface area contributed by atoms with Gasteiger partial charge in [0.2, 0.25) is 5.96 Å². The van der Waals surface area contributed by atoms with Gasteiger partial charge in [-0.1, -0.05) is 19.3 Å². The van der Waals surface area contributed by atoms with E-state index < -0.39 is 0 Å². The van der Waals surface area contributed by atoms with Gasteiger partial charge in [0, 0.05) is 16.1 Å². The van der Waals surface area contributed by atoms with Crippen LogP contribution >= 0.6 is 15.9 Å². The first-order valence-corrected chi connectivity index (χ1v) is 9.20. The second-order valence-corrected chi connectivity index (χ2v) is 6.84. The fourth-order valence-electron chi connectivity index (χ4n) is 2.74. The second-order valence-electron chi connectivity index (χ2n) is 5.99. The molecule has 9 heteroatoms. The van der Waals surface area contributed by atoms with Crippen LogP contribution in [-0.2, 0) is 4.79 Å². The first kappa shape index (κ1) is 20.0. The van der Waals surface area contributed by atoms with Gasteiger partial charge in [-0.15, -0.1) is 5.10 Å². The van der Waals surface area contributed by atoms with Gasteiger partial charge in [-0.3, -0.25) is 4.79 Å². The Bertz CT molecular complexity index is 683. The summed E-state index contributed by atoms with van der Waals surface area (Å²) in [6.45, 7) is -0.0687. The van der Waals surface area contributed by atoms with E-state index in [1.807, 2.05) is 0 Å². The molecule has 0 atom stereocenters. The van der Waals surface area contributed by atoms with Crippen LogP contribution in [0.15, 0.2) is 26.8 Å². The van der Waals surface area contributed by atoms with Crippen molar-refractivity contribution in [2.75, 3.05) is 13.7 Å². The minimum absolute atomic E-state index is 0.0687. The molecule has 1 aromatic carbocycles.